The molecule has 0 spiro atoms. The molecule has 3 nitrogen and oxygen atoms in total. The standard InChI is InChI=1S/C11H11ClO3/c1-3-10(14)15-9-6-4-5-8(12)11(9)7(2)13/h4-6H,3H2,1-2H3. The summed E-state index contributed by atoms with van der Waals surface area (Å²) in [5.41, 5.74) is 0.251. The van der Waals surface area contributed by atoms with Crippen molar-refractivity contribution in [2.24, 2.45) is 0 Å². The highest BCUT2D eigenvalue weighted by Crippen LogP contribution is 2.27. The molecule has 80 valence electrons. The van der Waals surface area contributed by atoms with Crippen molar-refractivity contribution in [1.29, 1.82) is 0 Å². The summed E-state index contributed by atoms with van der Waals surface area (Å²) in [6.07, 6.45) is 0.254. The maximum absolute atomic E-state index is 11.3. The summed E-state index contributed by atoms with van der Waals surface area (Å²) in [4.78, 5) is 22.4. The summed E-state index contributed by atoms with van der Waals surface area (Å²) in [5.74, 6) is -0.388. The number of ketones is 1. The fourth-order valence-corrected chi connectivity index (χ4v) is 1.42. The van der Waals surface area contributed by atoms with E-state index in [1.165, 1.54) is 6.92 Å². The topological polar surface area (TPSA) is 43.4 Å². The number of halogens is 1. The molecule has 4 heteroatoms. The number of carbonyl (C=O) groups excluding carboxylic acids is 2. The Morgan fingerprint density at radius 2 is 2.07 bits per heavy atom. The summed E-state index contributed by atoms with van der Waals surface area (Å²) in [5, 5.41) is 0.295. The van der Waals surface area contributed by atoms with Crippen molar-refractivity contribution in [2.75, 3.05) is 0 Å². The van der Waals surface area contributed by atoms with Gasteiger partial charge in [-0.2, -0.15) is 0 Å². The van der Waals surface area contributed by atoms with Crippen LogP contribution in [0.5, 0.6) is 5.75 Å². The van der Waals surface area contributed by atoms with Crippen LogP contribution in [-0.4, -0.2) is 11.8 Å². The number of Topliss-reactive ketones (excluding diaryl/α,β-unsaturated/α-hetero) is 1. The minimum absolute atomic E-state index is 0.223. The molecule has 0 atom stereocenters. The lowest BCUT2D eigenvalue weighted by atomic mass is 10.1. The van der Waals surface area contributed by atoms with Crippen molar-refractivity contribution < 1.29 is 14.3 Å². The minimum Gasteiger partial charge on any atom is -0.426 e. The van der Waals surface area contributed by atoms with Crippen LogP contribution in [0.3, 0.4) is 0 Å². The molecule has 0 bridgehead atoms. The average molecular weight is 227 g/mol. The van der Waals surface area contributed by atoms with E-state index in [0.717, 1.165) is 0 Å². The lowest BCUT2D eigenvalue weighted by molar-refractivity contribution is -0.134. The molecule has 0 unspecified atom stereocenters. The number of benzene rings is 1. The molecule has 0 saturated carbocycles. The molecule has 0 amide bonds. The minimum atomic E-state index is -0.389. The average Bonchev–Trinajstić information content (AvgIpc) is 2.17. The lowest BCUT2D eigenvalue weighted by Crippen LogP contribution is -2.09. The molecule has 1 aromatic carbocycles. The number of esters is 1. The molecule has 0 aromatic heterocycles. The van der Waals surface area contributed by atoms with Crippen molar-refractivity contribution in [3.05, 3.63) is 28.8 Å². The van der Waals surface area contributed by atoms with Gasteiger partial charge in [-0.05, 0) is 19.1 Å². The van der Waals surface area contributed by atoms with E-state index in [2.05, 4.69) is 0 Å². The van der Waals surface area contributed by atoms with E-state index in [9.17, 15) is 9.59 Å². The fourth-order valence-electron chi connectivity index (χ4n) is 1.13. The summed E-state index contributed by atoms with van der Waals surface area (Å²) >= 11 is 5.84. The van der Waals surface area contributed by atoms with Gasteiger partial charge in [-0.15, -0.1) is 0 Å². The monoisotopic (exact) mass is 226 g/mol. The highest BCUT2D eigenvalue weighted by atomic mass is 35.5. The lowest BCUT2D eigenvalue weighted by Gasteiger charge is -2.08. The molecule has 1 aromatic rings. The summed E-state index contributed by atoms with van der Waals surface area (Å²) in [6.45, 7) is 3.06. The molecule has 0 aliphatic heterocycles. The second-order valence-corrected chi connectivity index (χ2v) is 3.40. The second-order valence-electron chi connectivity index (χ2n) is 3.00. The van der Waals surface area contributed by atoms with Crippen LogP contribution in [0.1, 0.15) is 30.6 Å². The number of rotatable bonds is 3. The van der Waals surface area contributed by atoms with Crippen LogP contribution < -0.4 is 4.74 Å². The Balaban J connectivity index is 3.11. The third-order valence-corrected chi connectivity index (χ3v) is 2.15. The maximum atomic E-state index is 11.3. The summed E-state index contributed by atoms with van der Waals surface area (Å²) < 4.78 is 4.99. The molecule has 0 fully saturated rings. The first-order chi connectivity index (χ1) is 7.06. The van der Waals surface area contributed by atoms with E-state index < -0.39 is 0 Å². The van der Waals surface area contributed by atoms with Crippen LogP contribution in [0.25, 0.3) is 0 Å². The number of carbonyl (C=O) groups is 2. The van der Waals surface area contributed by atoms with Crippen LogP contribution in [0.4, 0.5) is 0 Å². The van der Waals surface area contributed by atoms with Gasteiger partial charge in [0, 0.05) is 6.42 Å². The van der Waals surface area contributed by atoms with Gasteiger partial charge in [-0.25, -0.2) is 0 Å². The molecular weight excluding hydrogens is 216 g/mol. The number of hydrogen-bond acceptors (Lipinski definition) is 3. The van der Waals surface area contributed by atoms with E-state index in [1.54, 1.807) is 25.1 Å². The summed E-state index contributed by atoms with van der Waals surface area (Å²) in [7, 11) is 0. The van der Waals surface area contributed by atoms with E-state index >= 15 is 0 Å². The molecule has 0 aliphatic carbocycles. The Morgan fingerprint density at radius 1 is 1.40 bits per heavy atom. The smallest absolute Gasteiger partial charge is 0.310 e. The quantitative estimate of drug-likeness (QED) is 0.452. The Morgan fingerprint density at radius 3 is 2.60 bits per heavy atom. The number of hydrogen-bond donors (Lipinski definition) is 0. The van der Waals surface area contributed by atoms with Gasteiger partial charge < -0.3 is 4.74 Å². The normalized spacial score (nSPS) is 9.80. The van der Waals surface area contributed by atoms with Gasteiger partial charge in [0.1, 0.15) is 5.75 Å². The van der Waals surface area contributed by atoms with E-state index in [4.69, 9.17) is 16.3 Å². The van der Waals surface area contributed by atoms with Gasteiger partial charge in [0.2, 0.25) is 0 Å². The highest BCUT2D eigenvalue weighted by Gasteiger charge is 2.14. The molecule has 0 heterocycles. The van der Waals surface area contributed by atoms with Gasteiger partial charge in [0.25, 0.3) is 0 Å². The highest BCUT2D eigenvalue weighted by molar-refractivity contribution is 6.34. The van der Waals surface area contributed by atoms with Crippen LogP contribution in [0.15, 0.2) is 18.2 Å². The van der Waals surface area contributed by atoms with Gasteiger partial charge in [-0.3, -0.25) is 9.59 Å². The molecular formula is C11H11ClO3. The third-order valence-electron chi connectivity index (χ3n) is 1.84. The van der Waals surface area contributed by atoms with Crippen LogP contribution in [0, 0.1) is 0 Å². The van der Waals surface area contributed by atoms with Gasteiger partial charge in [0.15, 0.2) is 5.78 Å². The Labute approximate surface area is 93.0 Å². The molecule has 0 saturated heterocycles. The SMILES string of the molecule is CCC(=O)Oc1cccc(Cl)c1C(C)=O. The van der Waals surface area contributed by atoms with Crippen LogP contribution in [0.2, 0.25) is 5.02 Å². The predicted molar refractivity (Wildman–Crippen MR) is 57.4 cm³/mol. The Bertz CT molecular complexity index is 399. The number of ether oxygens (including phenoxy) is 1. The van der Waals surface area contributed by atoms with Crippen LogP contribution >= 0.6 is 11.6 Å². The maximum Gasteiger partial charge on any atom is 0.310 e. The zero-order chi connectivity index (χ0) is 11.4. The first-order valence-electron chi connectivity index (χ1n) is 4.56. The van der Waals surface area contributed by atoms with Gasteiger partial charge in [-0.1, -0.05) is 24.6 Å². The van der Waals surface area contributed by atoms with Crippen LogP contribution in [-0.2, 0) is 4.79 Å². The zero-order valence-corrected chi connectivity index (χ0v) is 9.30. The Hall–Kier alpha value is -1.35. The van der Waals surface area contributed by atoms with E-state index in [-0.39, 0.29) is 29.5 Å². The summed E-state index contributed by atoms with van der Waals surface area (Å²) in [6, 6.07) is 4.77. The third kappa shape index (κ3) is 2.80. The fraction of sp³-hybridized carbons (Fsp3) is 0.273. The second kappa shape index (κ2) is 4.94. The van der Waals surface area contributed by atoms with E-state index in [1.807, 2.05) is 0 Å². The molecule has 0 aliphatic rings. The van der Waals surface area contributed by atoms with Crippen molar-refractivity contribution in [1.82, 2.24) is 0 Å². The first-order valence-corrected chi connectivity index (χ1v) is 4.94. The van der Waals surface area contributed by atoms with Crippen molar-refractivity contribution >= 4 is 23.4 Å². The largest absolute Gasteiger partial charge is 0.426 e. The molecule has 0 N–H and O–H groups in total. The van der Waals surface area contributed by atoms with E-state index in [0.29, 0.717) is 5.02 Å². The van der Waals surface area contributed by atoms with Crippen molar-refractivity contribution in [3.63, 3.8) is 0 Å². The van der Waals surface area contributed by atoms with Crippen molar-refractivity contribution in [3.8, 4) is 5.75 Å². The molecule has 0 radical (unpaired) electrons. The zero-order valence-electron chi connectivity index (χ0n) is 8.54. The molecule has 15 heavy (non-hydrogen) atoms. The van der Waals surface area contributed by atoms with Gasteiger partial charge >= 0.3 is 5.97 Å². The first kappa shape index (κ1) is 11.7. The Kier molecular flexibility index (Phi) is 3.86. The van der Waals surface area contributed by atoms with Gasteiger partial charge in [0.05, 0.1) is 10.6 Å². The molecule has 1 rings (SSSR count). The predicted octanol–water partition coefficient (Wildman–Crippen LogP) is 2.86. The van der Waals surface area contributed by atoms with Crippen molar-refractivity contribution in [2.45, 2.75) is 20.3 Å².